The van der Waals surface area contributed by atoms with Crippen LogP contribution in [0.4, 0.5) is 4.39 Å². The monoisotopic (exact) mass is 253 g/mol. The van der Waals surface area contributed by atoms with E-state index < -0.39 is 0 Å². The van der Waals surface area contributed by atoms with Gasteiger partial charge in [-0.25, -0.2) is 4.39 Å². The number of halogens is 1. The van der Waals surface area contributed by atoms with E-state index in [1.54, 1.807) is 6.07 Å². The molecule has 0 saturated carbocycles. The Labute approximate surface area is 109 Å². The highest BCUT2D eigenvalue weighted by molar-refractivity contribution is 5.21. The Bertz CT molecular complexity index is 355. The van der Waals surface area contributed by atoms with Crippen LogP contribution in [0.25, 0.3) is 0 Å². The van der Waals surface area contributed by atoms with Crippen molar-refractivity contribution in [2.24, 2.45) is 5.73 Å². The SMILES string of the molecule is CN(C)CCCN(C)C(CN)c1ccccc1F. The van der Waals surface area contributed by atoms with Crippen LogP contribution in [-0.2, 0) is 0 Å². The van der Waals surface area contributed by atoms with E-state index in [4.69, 9.17) is 5.73 Å². The number of likely N-dealkylation sites (N-methyl/N-ethyl adjacent to an activating group) is 1. The van der Waals surface area contributed by atoms with E-state index >= 15 is 0 Å². The maximum absolute atomic E-state index is 13.7. The maximum Gasteiger partial charge on any atom is 0.128 e. The molecule has 3 nitrogen and oxygen atoms in total. The van der Waals surface area contributed by atoms with Gasteiger partial charge >= 0.3 is 0 Å². The molecule has 2 N–H and O–H groups in total. The van der Waals surface area contributed by atoms with Crippen LogP contribution in [0.15, 0.2) is 24.3 Å². The molecular formula is C14H24FN3. The Morgan fingerprint density at radius 1 is 1.17 bits per heavy atom. The minimum atomic E-state index is -0.174. The Morgan fingerprint density at radius 3 is 2.39 bits per heavy atom. The van der Waals surface area contributed by atoms with Gasteiger partial charge in [0.1, 0.15) is 5.82 Å². The summed E-state index contributed by atoms with van der Waals surface area (Å²) in [5.74, 6) is -0.174. The average Bonchev–Trinajstić information content (AvgIpc) is 2.32. The number of hydrogen-bond donors (Lipinski definition) is 1. The Morgan fingerprint density at radius 2 is 1.83 bits per heavy atom. The van der Waals surface area contributed by atoms with Gasteiger partial charge in [0.05, 0.1) is 0 Å². The van der Waals surface area contributed by atoms with E-state index in [2.05, 4.69) is 23.9 Å². The smallest absolute Gasteiger partial charge is 0.128 e. The molecule has 0 aromatic heterocycles. The van der Waals surface area contributed by atoms with Gasteiger partial charge in [0.25, 0.3) is 0 Å². The standard InChI is InChI=1S/C14H24FN3/c1-17(2)9-6-10-18(3)14(11-16)12-7-4-5-8-13(12)15/h4-5,7-8,14H,6,9-11,16H2,1-3H3. The van der Waals surface area contributed by atoms with E-state index in [-0.39, 0.29) is 11.9 Å². The van der Waals surface area contributed by atoms with Crippen LogP contribution in [0.1, 0.15) is 18.0 Å². The van der Waals surface area contributed by atoms with E-state index in [0.29, 0.717) is 12.1 Å². The predicted molar refractivity (Wildman–Crippen MR) is 74.0 cm³/mol. The van der Waals surface area contributed by atoms with Crippen molar-refractivity contribution in [2.45, 2.75) is 12.5 Å². The number of hydrogen-bond acceptors (Lipinski definition) is 3. The van der Waals surface area contributed by atoms with Crippen molar-refractivity contribution < 1.29 is 4.39 Å². The topological polar surface area (TPSA) is 32.5 Å². The second-order valence-electron chi connectivity index (χ2n) is 4.91. The number of rotatable bonds is 7. The summed E-state index contributed by atoms with van der Waals surface area (Å²) < 4.78 is 13.7. The molecule has 1 aromatic rings. The Balaban J connectivity index is 2.63. The molecule has 102 valence electrons. The van der Waals surface area contributed by atoms with Gasteiger partial charge in [-0.05, 0) is 46.7 Å². The minimum absolute atomic E-state index is 0.0478. The highest BCUT2D eigenvalue weighted by atomic mass is 19.1. The lowest BCUT2D eigenvalue weighted by atomic mass is 10.0. The third kappa shape index (κ3) is 4.37. The molecule has 0 radical (unpaired) electrons. The molecule has 1 aromatic carbocycles. The van der Waals surface area contributed by atoms with Gasteiger partial charge in [-0.1, -0.05) is 18.2 Å². The molecule has 1 atom stereocenters. The van der Waals surface area contributed by atoms with Crippen molar-refractivity contribution in [2.75, 3.05) is 40.8 Å². The van der Waals surface area contributed by atoms with Crippen molar-refractivity contribution in [3.05, 3.63) is 35.6 Å². The van der Waals surface area contributed by atoms with Crippen LogP contribution in [0.3, 0.4) is 0 Å². The largest absolute Gasteiger partial charge is 0.329 e. The zero-order chi connectivity index (χ0) is 13.5. The molecule has 0 amide bonds. The molecule has 0 spiro atoms. The minimum Gasteiger partial charge on any atom is -0.329 e. The Kier molecular flexibility index (Phi) is 6.25. The first-order valence-electron chi connectivity index (χ1n) is 6.35. The lowest BCUT2D eigenvalue weighted by Gasteiger charge is -2.28. The van der Waals surface area contributed by atoms with Gasteiger partial charge in [0.2, 0.25) is 0 Å². The van der Waals surface area contributed by atoms with E-state index in [1.807, 2.05) is 19.2 Å². The molecule has 0 aliphatic carbocycles. The Hall–Kier alpha value is -0.970. The first-order chi connectivity index (χ1) is 8.56. The lowest BCUT2D eigenvalue weighted by Crippen LogP contribution is -2.33. The fraction of sp³-hybridized carbons (Fsp3) is 0.571. The van der Waals surface area contributed by atoms with Gasteiger partial charge in [-0.3, -0.25) is 4.90 Å². The summed E-state index contributed by atoms with van der Waals surface area (Å²) in [4.78, 5) is 4.27. The van der Waals surface area contributed by atoms with Gasteiger partial charge in [-0.15, -0.1) is 0 Å². The normalized spacial score (nSPS) is 13.3. The highest BCUT2D eigenvalue weighted by Gasteiger charge is 2.18. The number of benzene rings is 1. The summed E-state index contributed by atoms with van der Waals surface area (Å²) >= 11 is 0. The van der Waals surface area contributed by atoms with Crippen LogP contribution >= 0.6 is 0 Å². The first-order valence-corrected chi connectivity index (χ1v) is 6.35. The van der Waals surface area contributed by atoms with E-state index in [1.165, 1.54) is 6.07 Å². The summed E-state index contributed by atoms with van der Waals surface area (Å²) in [5, 5.41) is 0. The average molecular weight is 253 g/mol. The molecule has 0 heterocycles. The molecule has 0 saturated heterocycles. The molecule has 1 rings (SSSR count). The number of nitrogens with two attached hydrogens (primary N) is 1. The van der Waals surface area contributed by atoms with Gasteiger partial charge < -0.3 is 10.6 Å². The molecule has 1 unspecified atom stereocenters. The third-order valence-electron chi connectivity index (χ3n) is 3.14. The van der Waals surface area contributed by atoms with Crippen LogP contribution in [-0.4, -0.2) is 50.6 Å². The third-order valence-corrected chi connectivity index (χ3v) is 3.14. The van der Waals surface area contributed by atoms with Gasteiger partial charge in [0, 0.05) is 18.2 Å². The van der Waals surface area contributed by atoms with Crippen LogP contribution < -0.4 is 5.73 Å². The molecule has 4 heteroatoms. The molecule has 0 aliphatic rings. The van der Waals surface area contributed by atoms with Crippen molar-refractivity contribution in [1.82, 2.24) is 9.80 Å². The van der Waals surface area contributed by atoms with Crippen LogP contribution in [0, 0.1) is 5.82 Å². The second kappa shape index (κ2) is 7.46. The first kappa shape index (κ1) is 15.1. The van der Waals surface area contributed by atoms with E-state index in [0.717, 1.165) is 19.5 Å². The molecule has 0 aliphatic heterocycles. The summed E-state index contributed by atoms with van der Waals surface area (Å²) in [7, 11) is 6.11. The zero-order valence-electron chi connectivity index (χ0n) is 11.6. The summed E-state index contributed by atoms with van der Waals surface area (Å²) in [6.45, 7) is 2.37. The van der Waals surface area contributed by atoms with Crippen molar-refractivity contribution in [3.8, 4) is 0 Å². The highest BCUT2D eigenvalue weighted by Crippen LogP contribution is 2.21. The quantitative estimate of drug-likeness (QED) is 0.803. The van der Waals surface area contributed by atoms with Crippen LogP contribution in [0.2, 0.25) is 0 Å². The second-order valence-corrected chi connectivity index (χ2v) is 4.91. The van der Waals surface area contributed by atoms with Crippen molar-refractivity contribution in [3.63, 3.8) is 0 Å². The fourth-order valence-corrected chi connectivity index (χ4v) is 2.08. The predicted octanol–water partition coefficient (Wildman–Crippen LogP) is 1.71. The van der Waals surface area contributed by atoms with E-state index in [9.17, 15) is 4.39 Å². The molecular weight excluding hydrogens is 229 g/mol. The fourth-order valence-electron chi connectivity index (χ4n) is 2.08. The van der Waals surface area contributed by atoms with Gasteiger partial charge in [-0.2, -0.15) is 0 Å². The van der Waals surface area contributed by atoms with Crippen molar-refractivity contribution >= 4 is 0 Å². The molecule has 18 heavy (non-hydrogen) atoms. The van der Waals surface area contributed by atoms with Crippen LogP contribution in [0.5, 0.6) is 0 Å². The van der Waals surface area contributed by atoms with Crippen molar-refractivity contribution in [1.29, 1.82) is 0 Å². The molecule has 0 fully saturated rings. The number of nitrogens with zero attached hydrogens (tertiary/aromatic N) is 2. The maximum atomic E-state index is 13.7. The molecule has 0 bridgehead atoms. The van der Waals surface area contributed by atoms with Gasteiger partial charge in [0.15, 0.2) is 0 Å². The summed E-state index contributed by atoms with van der Waals surface area (Å²) in [5.41, 5.74) is 6.47. The zero-order valence-corrected chi connectivity index (χ0v) is 11.6. The summed E-state index contributed by atoms with van der Waals surface area (Å²) in [6.07, 6.45) is 1.05. The summed E-state index contributed by atoms with van der Waals surface area (Å²) in [6, 6.07) is 6.82. The lowest BCUT2D eigenvalue weighted by molar-refractivity contribution is 0.231.